The summed E-state index contributed by atoms with van der Waals surface area (Å²) in [7, 11) is 2.00. The molecular formula is C21H29N3O3. The first-order valence-corrected chi connectivity index (χ1v) is 10.2. The molecule has 1 atom stereocenters. The van der Waals surface area contributed by atoms with E-state index in [1.165, 1.54) is 6.42 Å². The van der Waals surface area contributed by atoms with Gasteiger partial charge in [0.1, 0.15) is 11.9 Å². The van der Waals surface area contributed by atoms with Crippen molar-refractivity contribution in [2.75, 3.05) is 44.7 Å². The predicted molar refractivity (Wildman–Crippen MR) is 104 cm³/mol. The third-order valence-electron chi connectivity index (χ3n) is 5.89. The highest BCUT2D eigenvalue weighted by Gasteiger charge is 2.29. The smallest absolute Gasteiger partial charge is 0.253 e. The predicted octanol–water partition coefficient (Wildman–Crippen LogP) is 2.52. The second kappa shape index (κ2) is 7.79. The normalized spacial score (nSPS) is 22.4. The number of ether oxygens (including phenoxy) is 1. The number of hydrogen-bond donors (Lipinski definition) is 0. The summed E-state index contributed by atoms with van der Waals surface area (Å²) < 4.78 is 6.11. The first kappa shape index (κ1) is 18.1. The minimum absolute atomic E-state index is 0.103. The number of amides is 2. The molecule has 0 bridgehead atoms. The molecule has 0 aromatic heterocycles. The second-order valence-electron chi connectivity index (χ2n) is 7.95. The molecule has 2 saturated heterocycles. The van der Waals surface area contributed by atoms with E-state index in [4.69, 9.17) is 4.74 Å². The third-order valence-corrected chi connectivity index (χ3v) is 5.89. The van der Waals surface area contributed by atoms with E-state index in [1.54, 1.807) is 0 Å². The number of benzene rings is 1. The number of rotatable bonds is 3. The average molecular weight is 371 g/mol. The van der Waals surface area contributed by atoms with Crippen molar-refractivity contribution in [1.82, 2.24) is 9.80 Å². The fraction of sp³-hybridized carbons (Fsp3) is 0.619. The molecule has 0 saturated carbocycles. The van der Waals surface area contributed by atoms with Crippen LogP contribution in [0.2, 0.25) is 0 Å². The van der Waals surface area contributed by atoms with Crippen LogP contribution in [-0.4, -0.2) is 67.5 Å². The average Bonchev–Trinajstić information content (AvgIpc) is 3.23. The van der Waals surface area contributed by atoms with Crippen LogP contribution < -0.4 is 9.64 Å². The fourth-order valence-corrected chi connectivity index (χ4v) is 4.35. The van der Waals surface area contributed by atoms with E-state index in [0.717, 1.165) is 63.3 Å². The van der Waals surface area contributed by atoms with E-state index < -0.39 is 0 Å². The van der Waals surface area contributed by atoms with E-state index in [-0.39, 0.29) is 17.9 Å². The maximum atomic E-state index is 12.6. The Morgan fingerprint density at radius 1 is 1.00 bits per heavy atom. The van der Waals surface area contributed by atoms with Gasteiger partial charge in [0.25, 0.3) is 5.91 Å². The lowest BCUT2D eigenvalue weighted by Crippen LogP contribution is -2.43. The van der Waals surface area contributed by atoms with Gasteiger partial charge in [0.05, 0.1) is 18.7 Å². The maximum Gasteiger partial charge on any atom is 0.253 e. The van der Waals surface area contributed by atoms with E-state index in [9.17, 15) is 9.59 Å². The summed E-state index contributed by atoms with van der Waals surface area (Å²) in [5.74, 6) is 1.06. The second-order valence-corrected chi connectivity index (χ2v) is 7.95. The molecule has 4 rings (SSSR count). The van der Waals surface area contributed by atoms with E-state index in [2.05, 4.69) is 4.90 Å². The number of nitrogens with zero attached hydrogens (tertiary/aromatic N) is 3. The Balaban J connectivity index is 1.43. The van der Waals surface area contributed by atoms with Gasteiger partial charge < -0.3 is 19.4 Å². The molecule has 3 heterocycles. The summed E-state index contributed by atoms with van der Waals surface area (Å²) in [5, 5.41) is 0. The van der Waals surface area contributed by atoms with Gasteiger partial charge in [-0.1, -0.05) is 0 Å². The lowest BCUT2D eigenvalue weighted by molar-refractivity contribution is -0.133. The molecule has 146 valence electrons. The van der Waals surface area contributed by atoms with Crippen LogP contribution in [0.4, 0.5) is 5.69 Å². The molecule has 0 spiro atoms. The highest BCUT2D eigenvalue weighted by Crippen LogP contribution is 2.34. The SMILES string of the molecule is CN1C[C@@H](CC(=O)N2CCCCC2)Oc2ccc(C(=O)N3CCCC3)cc21. The largest absolute Gasteiger partial charge is 0.486 e. The topological polar surface area (TPSA) is 53.1 Å². The molecule has 0 aliphatic carbocycles. The Kier molecular flexibility index (Phi) is 5.23. The van der Waals surface area contributed by atoms with Crippen molar-refractivity contribution in [3.8, 4) is 5.75 Å². The first-order chi connectivity index (χ1) is 13.1. The van der Waals surface area contributed by atoms with Gasteiger partial charge in [-0.25, -0.2) is 0 Å². The lowest BCUT2D eigenvalue weighted by Gasteiger charge is -2.35. The Labute approximate surface area is 161 Å². The minimum atomic E-state index is -0.142. The molecule has 1 aromatic carbocycles. The molecule has 0 unspecified atom stereocenters. The number of likely N-dealkylation sites (tertiary alicyclic amines) is 2. The molecular weight excluding hydrogens is 342 g/mol. The summed E-state index contributed by atoms with van der Waals surface area (Å²) >= 11 is 0. The zero-order chi connectivity index (χ0) is 18.8. The van der Waals surface area contributed by atoms with Crippen molar-refractivity contribution in [3.63, 3.8) is 0 Å². The van der Waals surface area contributed by atoms with Crippen molar-refractivity contribution >= 4 is 17.5 Å². The van der Waals surface area contributed by atoms with Crippen LogP contribution in [-0.2, 0) is 4.79 Å². The van der Waals surface area contributed by atoms with Crippen molar-refractivity contribution in [2.24, 2.45) is 0 Å². The number of carbonyl (C=O) groups is 2. The Morgan fingerprint density at radius 3 is 2.41 bits per heavy atom. The van der Waals surface area contributed by atoms with Gasteiger partial charge in [-0.3, -0.25) is 9.59 Å². The number of carbonyl (C=O) groups excluding carboxylic acids is 2. The quantitative estimate of drug-likeness (QED) is 0.819. The minimum Gasteiger partial charge on any atom is -0.486 e. The van der Waals surface area contributed by atoms with Gasteiger partial charge in [0.2, 0.25) is 5.91 Å². The molecule has 1 aromatic rings. The van der Waals surface area contributed by atoms with Crippen LogP contribution in [0.15, 0.2) is 18.2 Å². The van der Waals surface area contributed by atoms with Gasteiger partial charge in [-0.2, -0.15) is 0 Å². The standard InChI is InChI=1S/C21H29N3O3/c1-22-15-17(14-20(25)23-9-3-2-4-10-23)27-19-8-7-16(13-18(19)22)21(26)24-11-5-6-12-24/h7-8,13,17H,2-6,9-12,14-15H2,1H3/t17-/m1/s1. The molecule has 6 heteroatoms. The van der Waals surface area contributed by atoms with Crippen LogP contribution in [0.3, 0.4) is 0 Å². The number of hydrogen-bond acceptors (Lipinski definition) is 4. The van der Waals surface area contributed by atoms with Gasteiger partial charge >= 0.3 is 0 Å². The summed E-state index contributed by atoms with van der Waals surface area (Å²) in [4.78, 5) is 31.2. The van der Waals surface area contributed by atoms with Crippen molar-refractivity contribution in [3.05, 3.63) is 23.8 Å². The highest BCUT2D eigenvalue weighted by molar-refractivity contribution is 5.96. The summed E-state index contributed by atoms with van der Waals surface area (Å²) in [6.45, 7) is 4.11. The van der Waals surface area contributed by atoms with Gasteiger partial charge in [0.15, 0.2) is 0 Å². The van der Waals surface area contributed by atoms with Crippen molar-refractivity contribution in [2.45, 2.75) is 44.6 Å². The molecule has 6 nitrogen and oxygen atoms in total. The van der Waals surface area contributed by atoms with E-state index >= 15 is 0 Å². The maximum absolute atomic E-state index is 12.6. The Hall–Kier alpha value is -2.24. The molecule has 0 N–H and O–H groups in total. The number of piperidine rings is 1. The zero-order valence-corrected chi connectivity index (χ0v) is 16.2. The zero-order valence-electron chi connectivity index (χ0n) is 16.2. The molecule has 27 heavy (non-hydrogen) atoms. The highest BCUT2D eigenvalue weighted by atomic mass is 16.5. The Bertz CT molecular complexity index is 709. The monoisotopic (exact) mass is 371 g/mol. The lowest BCUT2D eigenvalue weighted by atomic mass is 10.1. The van der Waals surface area contributed by atoms with E-state index in [0.29, 0.717) is 18.5 Å². The molecule has 2 fully saturated rings. The van der Waals surface area contributed by atoms with E-state index in [1.807, 2.05) is 35.0 Å². The van der Waals surface area contributed by atoms with Gasteiger partial charge in [-0.05, 0) is 50.3 Å². The summed E-state index contributed by atoms with van der Waals surface area (Å²) in [5.41, 5.74) is 1.65. The van der Waals surface area contributed by atoms with Crippen molar-refractivity contribution in [1.29, 1.82) is 0 Å². The fourth-order valence-electron chi connectivity index (χ4n) is 4.35. The summed E-state index contributed by atoms with van der Waals surface area (Å²) in [6, 6.07) is 5.66. The van der Waals surface area contributed by atoms with Crippen LogP contribution in [0.25, 0.3) is 0 Å². The summed E-state index contributed by atoms with van der Waals surface area (Å²) in [6.07, 6.45) is 5.88. The molecule has 0 radical (unpaired) electrons. The van der Waals surface area contributed by atoms with Gasteiger partial charge in [0, 0.05) is 38.8 Å². The number of fused-ring (bicyclic) bond motifs is 1. The van der Waals surface area contributed by atoms with Crippen molar-refractivity contribution < 1.29 is 14.3 Å². The molecule has 2 amide bonds. The van der Waals surface area contributed by atoms with Crippen LogP contribution in [0.1, 0.15) is 48.9 Å². The molecule has 3 aliphatic rings. The first-order valence-electron chi connectivity index (χ1n) is 10.2. The molecule has 3 aliphatic heterocycles. The number of anilines is 1. The van der Waals surface area contributed by atoms with Gasteiger partial charge in [-0.15, -0.1) is 0 Å². The third kappa shape index (κ3) is 3.89. The van der Waals surface area contributed by atoms with Crippen LogP contribution in [0, 0.1) is 0 Å². The van der Waals surface area contributed by atoms with Crippen LogP contribution >= 0.6 is 0 Å². The van der Waals surface area contributed by atoms with Crippen LogP contribution in [0.5, 0.6) is 5.75 Å². The number of likely N-dealkylation sites (N-methyl/N-ethyl adjacent to an activating group) is 1. The Morgan fingerprint density at radius 2 is 1.67 bits per heavy atom.